The number of rotatable bonds is 1. The van der Waals surface area contributed by atoms with Crippen molar-refractivity contribution in [3.05, 3.63) is 23.3 Å². The van der Waals surface area contributed by atoms with E-state index in [4.69, 9.17) is 0 Å². The van der Waals surface area contributed by atoms with Gasteiger partial charge in [-0.2, -0.15) is 5.26 Å². The van der Waals surface area contributed by atoms with E-state index >= 15 is 0 Å². The molecule has 0 aromatic rings. The molecular formula is C31H43N3O3. The summed E-state index contributed by atoms with van der Waals surface area (Å²) in [6.07, 6.45) is 10.2. The van der Waals surface area contributed by atoms with Crippen LogP contribution in [0, 0.1) is 56.7 Å². The highest BCUT2D eigenvalue weighted by Crippen LogP contribution is 2.72. The average Bonchev–Trinajstić information content (AvgIpc) is 2.83. The molecule has 2 amide bonds. The van der Waals surface area contributed by atoms with Gasteiger partial charge in [-0.3, -0.25) is 9.59 Å². The molecule has 0 spiro atoms. The van der Waals surface area contributed by atoms with Gasteiger partial charge in [0.05, 0.1) is 5.57 Å². The van der Waals surface area contributed by atoms with Gasteiger partial charge in [-0.25, -0.2) is 4.79 Å². The van der Waals surface area contributed by atoms with Gasteiger partial charge in [-0.1, -0.05) is 53.2 Å². The minimum atomic E-state index is -0.490. The highest BCUT2D eigenvalue weighted by molar-refractivity contribution is 6.02. The molecule has 0 bridgehead atoms. The number of hydrogen-bond donors (Lipinski definition) is 2. The first-order chi connectivity index (χ1) is 17.2. The maximum absolute atomic E-state index is 14.4. The second-order valence-corrected chi connectivity index (χ2v) is 14.3. The van der Waals surface area contributed by atoms with Crippen molar-refractivity contribution in [1.29, 1.82) is 5.26 Å². The van der Waals surface area contributed by atoms with Crippen LogP contribution in [-0.4, -0.2) is 30.2 Å². The van der Waals surface area contributed by atoms with Crippen molar-refractivity contribution < 1.29 is 14.4 Å². The molecule has 5 aliphatic rings. The molecule has 3 saturated carbocycles. The lowest BCUT2D eigenvalue weighted by atomic mass is 9.36. The Hall–Kier alpha value is -2.42. The van der Waals surface area contributed by atoms with Crippen molar-refractivity contribution in [1.82, 2.24) is 10.6 Å². The standard InChI is InChI=1S/C31H43N3O3/c1-18-20-8-9-29(5)23(28(20,4)15-19(17-32)25(18)36)14-22(35)24-21-16-27(2,3)10-12-31(21,34-26(37)33-7)13-11-30(24,29)6/h14-15,18,20-21,24H,8-13,16H2,1-7H3,(H2,33,34,37)/t18-,20-,21-,24-,28-,29+,30+,31-/m0/s1. The molecule has 3 fully saturated rings. The van der Waals surface area contributed by atoms with E-state index in [1.54, 1.807) is 7.05 Å². The van der Waals surface area contributed by atoms with Gasteiger partial charge in [-0.05, 0) is 79.1 Å². The van der Waals surface area contributed by atoms with E-state index < -0.39 is 5.41 Å². The van der Waals surface area contributed by atoms with E-state index in [1.165, 1.54) is 0 Å². The van der Waals surface area contributed by atoms with Crippen LogP contribution in [-0.2, 0) is 9.59 Å². The maximum Gasteiger partial charge on any atom is 0.314 e. The Morgan fingerprint density at radius 1 is 1.03 bits per heavy atom. The van der Waals surface area contributed by atoms with Crippen molar-refractivity contribution in [2.75, 3.05) is 7.05 Å². The Morgan fingerprint density at radius 3 is 2.35 bits per heavy atom. The van der Waals surface area contributed by atoms with Crippen LogP contribution >= 0.6 is 0 Å². The molecule has 0 unspecified atom stereocenters. The van der Waals surface area contributed by atoms with Crippen molar-refractivity contribution >= 4 is 17.6 Å². The number of fused-ring (bicyclic) bond motifs is 7. The second kappa shape index (κ2) is 8.04. The predicted octanol–water partition coefficient (Wildman–Crippen LogP) is 5.50. The summed E-state index contributed by atoms with van der Waals surface area (Å²) in [6, 6.07) is 1.99. The number of allylic oxidation sites excluding steroid dienone is 4. The van der Waals surface area contributed by atoms with Gasteiger partial charge in [0.15, 0.2) is 11.6 Å². The van der Waals surface area contributed by atoms with Crippen molar-refractivity contribution in [2.24, 2.45) is 45.3 Å². The highest BCUT2D eigenvalue weighted by Gasteiger charge is 2.69. The molecule has 8 atom stereocenters. The molecule has 0 saturated heterocycles. The zero-order chi connectivity index (χ0) is 27.2. The van der Waals surface area contributed by atoms with E-state index in [0.29, 0.717) is 0 Å². The third kappa shape index (κ3) is 3.38. The molecule has 0 aliphatic heterocycles. The number of Topliss-reactive ketones (excluding diaryl/α,β-unsaturated/α-hetero) is 1. The lowest BCUT2D eigenvalue weighted by molar-refractivity contribution is -0.158. The quantitative estimate of drug-likeness (QED) is 0.492. The summed E-state index contributed by atoms with van der Waals surface area (Å²) in [5, 5.41) is 15.9. The fourth-order valence-electron chi connectivity index (χ4n) is 9.76. The Kier molecular flexibility index (Phi) is 5.69. The molecule has 5 aliphatic carbocycles. The number of nitriles is 1. The van der Waals surface area contributed by atoms with Crippen molar-refractivity contribution in [2.45, 2.75) is 92.0 Å². The Labute approximate surface area is 221 Å². The van der Waals surface area contributed by atoms with Crippen molar-refractivity contribution in [3.63, 3.8) is 0 Å². The topological polar surface area (TPSA) is 99.1 Å². The number of hydrogen-bond acceptors (Lipinski definition) is 4. The van der Waals surface area contributed by atoms with Crippen LogP contribution in [0.4, 0.5) is 4.79 Å². The fourth-order valence-corrected chi connectivity index (χ4v) is 9.76. The monoisotopic (exact) mass is 505 g/mol. The van der Waals surface area contributed by atoms with Crippen LogP contribution in [0.15, 0.2) is 23.3 Å². The van der Waals surface area contributed by atoms with Gasteiger partial charge in [0, 0.05) is 29.8 Å². The van der Waals surface area contributed by atoms with Crippen LogP contribution in [0.5, 0.6) is 0 Å². The number of amides is 2. The molecule has 6 heteroatoms. The Balaban J connectivity index is 1.66. The minimum absolute atomic E-state index is 0.0624. The Bertz CT molecular complexity index is 1180. The van der Waals surface area contributed by atoms with E-state index in [9.17, 15) is 19.6 Å². The van der Waals surface area contributed by atoms with Crippen molar-refractivity contribution in [3.8, 4) is 6.07 Å². The molecule has 37 heavy (non-hydrogen) atoms. The largest absolute Gasteiger partial charge is 0.341 e. The molecule has 6 nitrogen and oxygen atoms in total. The summed E-state index contributed by atoms with van der Waals surface area (Å²) < 4.78 is 0. The summed E-state index contributed by atoms with van der Waals surface area (Å²) in [5.41, 5.74) is 0.105. The van der Waals surface area contributed by atoms with Crippen LogP contribution in [0.2, 0.25) is 0 Å². The van der Waals surface area contributed by atoms with Gasteiger partial charge < -0.3 is 10.6 Å². The molecule has 0 radical (unpaired) electrons. The number of carbonyl (C=O) groups excluding carboxylic acids is 3. The number of urea groups is 1. The number of carbonyl (C=O) groups is 3. The number of ketones is 2. The molecule has 200 valence electrons. The first-order valence-corrected chi connectivity index (χ1v) is 14.1. The van der Waals surface area contributed by atoms with Gasteiger partial charge >= 0.3 is 6.03 Å². The van der Waals surface area contributed by atoms with E-state index in [0.717, 1.165) is 50.5 Å². The normalized spacial score (nSPS) is 46.1. The van der Waals surface area contributed by atoms with Crippen LogP contribution < -0.4 is 10.6 Å². The molecular weight excluding hydrogens is 462 g/mol. The number of nitrogens with zero attached hydrogens (tertiary/aromatic N) is 1. The first-order valence-electron chi connectivity index (χ1n) is 14.1. The molecule has 5 rings (SSSR count). The summed E-state index contributed by atoms with van der Waals surface area (Å²) in [6.45, 7) is 13.4. The van der Waals surface area contributed by atoms with Gasteiger partial charge in [0.25, 0.3) is 0 Å². The SMILES string of the molecule is CNC(=O)N[C@]12CCC(C)(C)C[C@H]1[C@H]1C(=O)C=C3[C@@]4(C)C=C(C#N)C(=O)[C@@H](C)[C@@H]4CC[C@@]3(C)[C@]1(C)CC2. The van der Waals surface area contributed by atoms with E-state index in [2.05, 4.69) is 51.3 Å². The Morgan fingerprint density at radius 2 is 1.70 bits per heavy atom. The average molecular weight is 506 g/mol. The molecule has 0 aromatic heterocycles. The maximum atomic E-state index is 14.4. The van der Waals surface area contributed by atoms with Gasteiger partial charge in [0.2, 0.25) is 0 Å². The zero-order valence-corrected chi connectivity index (χ0v) is 23.6. The molecule has 0 aromatic carbocycles. The molecule has 2 N–H and O–H groups in total. The predicted molar refractivity (Wildman–Crippen MR) is 142 cm³/mol. The van der Waals surface area contributed by atoms with Crippen LogP contribution in [0.25, 0.3) is 0 Å². The molecule has 0 heterocycles. The fraction of sp³-hybridized carbons (Fsp3) is 0.742. The van der Waals surface area contributed by atoms with E-state index in [1.807, 2.05) is 19.1 Å². The minimum Gasteiger partial charge on any atom is -0.341 e. The first kappa shape index (κ1) is 26.2. The van der Waals surface area contributed by atoms with Gasteiger partial charge in [-0.15, -0.1) is 0 Å². The second-order valence-electron chi connectivity index (χ2n) is 14.3. The number of nitrogens with one attached hydrogen (secondary N) is 2. The third-order valence-electron chi connectivity index (χ3n) is 12.1. The lowest BCUT2D eigenvalue weighted by Crippen LogP contribution is -2.70. The van der Waals surface area contributed by atoms with Crippen LogP contribution in [0.1, 0.15) is 86.5 Å². The lowest BCUT2D eigenvalue weighted by Gasteiger charge is -2.68. The van der Waals surface area contributed by atoms with E-state index in [-0.39, 0.29) is 68.6 Å². The van der Waals surface area contributed by atoms with Gasteiger partial charge in [0.1, 0.15) is 6.07 Å². The summed E-state index contributed by atoms with van der Waals surface area (Å²) in [4.78, 5) is 39.9. The zero-order valence-electron chi connectivity index (χ0n) is 23.6. The summed E-state index contributed by atoms with van der Waals surface area (Å²) in [7, 11) is 1.65. The smallest absolute Gasteiger partial charge is 0.314 e. The summed E-state index contributed by atoms with van der Waals surface area (Å²) in [5.74, 6) is -0.140. The summed E-state index contributed by atoms with van der Waals surface area (Å²) >= 11 is 0. The highest BCUT2D eigenvalue weighted by atomic mass is 16.2. The third-order valence-corrected chi connectivity index (χ3v) is 12.1. The van der Waals surface area contributed by atoms with Crippen LogP contribution in [0.3, 0.4) is 0 Å².